The predicted molar refractivity (Wildman–Crippen MR) is 67.8 cm³/mol. The summed E-state index contributed by atoms with van der Waals surface area (Å²) < 4.78 is 2.25. The number of hydrogen-bond donors (Lipinski definition) is 1. The molecule has 0 aliphatic carbocycles. The van der Waals surface area contributed by atoms with E-state index in [2.05, 4.69) is 31.9 Å². The zero-order chi connectivity index (χ0) is 12.1. The summed E-state index contributed by atoms with van der Waals surface area (Å²) in [7, 11) is 0. The number of nitrogens with one attached hydrogen (secondary N) is 1. The van der Waals surface area contributed by atoms with Gasteiger partial charge in [0.05, 0.1) is 6.54 Å². The maximum atomic E-state index is 4.31. The predicted octanol–water partition coefficient (Wildman–Crippen LogP) is 0.792. The van der Waals surface area contributed by atoms with E-state index in [1.54, 1.807) is 0 Å². The SMILES string of the molecule is CCCn1c(C)nnc1CN1CCCNCC1. The Balaban J connectivity index is 2.01. The van der Waals surface area contributed by atoms with Crippen LogP contribution < -0.4 is 5.32 Å². The number of hydrogen-bond acceptors (Lipinski definition) is 4. The number of rotatable bonds is 4. The van der Waals surface area contributed by atoms with Crippen LogP contribution in [0.3, 0.4) is 0 Å². The third kappa shape index (κ3) is 3.26. The molecule has 5 heteroatoms. The molecule has 0 spiro atoms. The van der Waals surface area contributed by atoms with Crippen LogP contribution in [0.2, 0.25) is 0 Å². The molecule has 0 unspecified atom stereocenters. The van der Waals surface area contributed by atoms with Crippen molar-refractivity contribution in [1.82, 2.24) is 25.0 Å². The molecule has 1 fully saturated rings. The van der Waals surface area contributed by atoms with Crippen molar-refractivity contribution in [3.63, 3.8) is 0 Å². The molecule has 0 aromatic carbocycles. The fourth-order valence-electron chi connectivity index (χ4n) is 2.32. The molecule has 5 nitrogen and oxygen atoms in total. The molecule has 2 rings (SSSR count). The largest absolute Gasteiger partial charge is 0.315 e. The van der Waals surface area contributed by atoms with Crippen molar-refractivity contribution in [2.45, 2.75) is 39.8 Å². The first-order valence-electron chi connectivity index (χ1n) is 6.63. The molecular weight excluding hydrogens is 214 g/mol. The van der Waals surface area contributed by atoms with Gasteiger partial charge >= 0.3 is 0 Å². The molecule has 1 saturated heterocycles. The molecule has 0 atom stereocenters. The molecule has 0 bridgehead atoms. The van der Waals surface area contributed by atoms with Crippen LogP contribution in [0.1, 0.15) is 31.4 Å². The Hall–Kier alpha value is -0.940. The highest BCUT2D eigenvalue weighted by Crippen LogP contribution is 2.07. The highest BCUT2D eigenvalue weighted by atomic mass is 15.3. The van der Waals surface area contributed by atoms with Gasteiger partial charge in [0.25, 0.3) is 0 Å². The summed E-state index contributed by atoms with van der Waals surface area (Å²) in [5.74, 6) is 2.15. The van der Waals surface area contributed by atoms with E-state index in [9.17, 15) is 0 Å². The van der Waals surface area contributed by atoms with Gasteiger partial charge in [-0.05, 0) is 32.9 Å². The molecule has 1 N–H and O–H groups in total. The summed E-state index contributed by atoms with van der Waals surface area (Å²) in [5, 5.41) is 11.9. The Labute approximate surface area is 103 Å². The monoisotopic (exact) mass is 237 g/mol. The lowest BCUT2D eigenvalue weighted by atomic mass is 10.3. The van der Waals surface area contributed by atoms with E-state index >= 15 is 0 Å². The van der Waals surface area contributed by atoms with Crippen LogP contribution in [0.4, 0.5) is 0 Å². The molecule has 1 aromatic rings. The highest BCUT2D eigenvalue weighted by Gasteiger charge is 2.14. The zero-order valence-electron chi connectivity index (χ0n) is 10.9. The first-order valence-corrected chi connectivity index (χ1v) is 6.63. The molecule has 2 heterocycles. The Bertz CT molecular complexity index is 339. The van der Waals surface area contributed by atoms with Crippen molar-refractivity contribution in [3.05, 3.63) is 11.6 Å². The summed E-state index contributed by atoms with van der Waals surface area (Å²) in [4.78, 5) is 2.47. The van der Waals surface area contributed by atoms with Crippen LogP contribution in [0.15, 0.2) is 0 Å². The summed E-state index contributed by atoms with van der Waals surface area (Å²) in [6.07, 6.45) is 2.36. The summed E-state index contributed by atoms with van der Waals surface area (Å²) >= 11 is 0. The van der Waals surface area contributed by atoms with Crippen LogP contribution in [-0.4, -0.2) is 45.8 Å². The van der Waals surface area contributed by atoms with Gasteiger partial charge in [0, 0.05) is 19.6 Å². The van der Waals surface area contributed by atoms with Gasteiger partial charge in [0.1, 0.15) is 11.6 Å². The fraction of sp³-hybridized carbons (Fsp3) is 0.833. The molecule has 1 aliphatic rings. The van der Waals surface area contributed by atoms with Crippen molar-refractivity contribution >= 4 is 0 Å². The van der Waals surface area contributed by atoms with E-state index in [0.717, 1.165) is 57.3 Å². The van der Waals surface area contributed by atoms with Gasteiger partial charge in [0.2, 0.25) is 0 Å². The zero-order valence-corrected chi connectivity index (χ0v) is 10.9. The van der Waals surface area contributed by atoms with E-state index < -0.39 is 0 Å². The molecule has 17 heavy (non-hydrogen) atoms. The van der Waals surface area contributed by atoms with Gasteiger partial charge in [0.15, 0.2) is 0 Å². The highest BCUT2D eigenvalue weighted by molar-refractivity contribution is 4.94. The first kappa shape index (κ1) is 12.5. The third-order valence-corrected chi connectivity index (χ3v) is 3.26. The van der Waals surface area contributed by atoms with Crippen molar-refractivity contribution in [1.29, 1.82) is 0 Å². The van der Waals surface area contributed by atoms with Gasteiger partial charge in [-0.2, -0.15) is 0 Å². The second-order valence-corrected chi connectivity index (χ2v) is 4.69. The van der Waals surface area contributed by atoms with E-state index in [4.69, 9.17) is 0 Å². The van der Waals surface area contributed by atoms with Crippen LogP contribution in [-0.2, 0) is 13.1 Å². The molecule has 0 saturated carbocycles. The summed E-state index contributed by atoms with van der Waals surface area (Å²) in [6.45, 7) is 10.7. The topological polar surface area (TPSA) is 46.0 Å². The number of nitrogens with zero attached hydrogens (tertiary/aromatic N) is 4. The van der Waals surface area contributed by atoms with E-state index in [-0.39, 0.29) is 0 Å². The van der Waals surface area contributed by atoms with Crippen molar-refractivity contribution in [3.8, 4) is 0 Å². The minimum atomic E-state index is 0.933. The maximum Gasteiger partial charge on any atom is 0.147 e. The van der Waals surface area contributed by atoms with Crippen molar-refractivity contribution in [2.24, 2.45) is 0 Å². The van der Waals surface area contributed by atoms with E-state index in [0.29, 0.717) is 0 Å². The number of aryl methyl sites for hydroxylation is 1. The second-order valence-electron chi connectivity index (χ2n) is 4.69. The van der Waals surface area contributed by atoms with Crippen molar-refractivity contribution in [2.75, 3.05) is 26.2 Å². The lowest BCUT2D eigenvalue weighted by molar-refractivity contribution is 0.272. The van der Waals surface area contributed by atoms with Crippen LogP contribution >= 0.6 is 0 Å². The maximum absolute atomic E-state index is 4.31. The first-order chi connectivity index (χ1) is 8.31. The van der Waals surface area contributed by atoms with Crippen LogP contribution in [0, 0.1) is 6.92 Å². The average Bonchev–Trinajstić information content (AvgIpc) is 2.57. The molecular formula is C12H23N5. The molecule has 0 radical (unpaired) electrons. The Morgan fingerprint density at radius 2 is 2.12 bits per heavy atom. The van der Waals surface area contributed by atoms with E-state index in [1.165, 1.54) is 6.42 Å². The van der Waals surface area contributed by atoms with Crippen LogP contribution in [0.5, 0.6) is 0 Å². The summed E-state index contributed by atoms with van der Waals surface area (Å²) in [5.41, 5.74) is 0. The lowest BCUT2D eigenvalue weighted by Gasteiger charge is -2.19. The van der Waals surface area contributed by atoms with Gasteiger partial charge in [-0.25, -0.2) is 0 Å². The Morgan fingerprint density at radius 3 is 2.94 bits per heavy atom. The Kier molecular flexibility index (Phi) is 4.50. The smallest absolute Gasteiger partial charge is 0.147 e. The number of aromatic nitrogens is 3. The lowest BCUT2D eigenvalue weighted by Crippen LogP contribution is -2.29. The standard InChI is InChI=1S/C12H23N5/c1-3-7-17-11(2)14-15-12(17)10-16-8-4-5-13-6-9-16/h13H,3-10H2,1-2H3. The second kappa shape index (κ2) is 6.12. The molecule has 0 amide bonds. The van der Waals surface area contributed by atoms with Gasteiger partial charge in [-0.1, -0.05) is 6.92 Å². The third-order valence-electron chi connectivity index (χ3n) is 3.26. The quantitative estimate of drug-likeness (QED) is 0.841. The molecule has 1 aromatic heterocycles. The molecule has 96 valence electrons. The fourth-order valence-corrected chi connectivity index (χ4v) is 2.32. The van der Waals surface area contributed by atoms with Gasteiger partial charge in [-0.15, -0.1) is 10.2 Å². The van der Waals surface area contributed by atoms with E-state index in [1.807, 2.05) is 6.92 Å². The average molecular weight is 237 g/mol. The Morgan fingerprint density at radius 1 is 1.24 bits per heavy atom. The minimum Gasteiger partial charge on any atom is -0.315 e. The molecule has 1 aliphatic heterocycles. The van der Waals surface area contributed by atoms with Crippen LogP contribution in [0.25, 0.3) is 0 Å². The van der Waals surface area contributed by atoms with Gasteiger partial charge < -0.3 is 9.88 Å². The normalized spacial score (nSPS) is 18.2. The van der Waals surface area contributed by atoms with Gasteiger partial charge in [-0.3, -0.25) is 4.90 Å². The summed E-state index contributed by atoms with van der Waals surface area (Å²) in [6, 6.07) is 0. The minimum absolute atomic E-state index is 0.933. The van der Waals surface area contributed by atoms with Crippen molar-refractivity contribution < 1.29 is 0 Å².